The Kier molecular flexibility index (Phi) is 6.58. The number of rotatable bonds is 7. The zero-order valence-corrected chi connectivity index (χ0v) is 18.6. The third-order valence-corrected chi connectivity index (χ3v) is 5.22. The Balaban J connectivity index is 1.72. The number of carbonyl (C=O) groups is 1. The summed E-state index contributed by atoms with van der Waals surface area (Å²) in [5.74, 6) is 0.576. The number of aliphatic hydroxyl groups excluding tert-OH is 1. The zero-order chi connectivity index (χ0) is 23.4. The minimum atomic E-state index is -0.396. The van der Waals surface area contributed by atoms with Crippen molar-refractivity contribution in [2.24, 2.45) is 0 Å². The van der Waals surface area contributed by atoms with E-state index in [0.29, 0.717) is 28.0 Å². The van der Waals surface area contributed by atoms with Gasteiger partial charge in [-0.1, -0.05) is 41.9 Å². The van der Waals surface area contributed by atoms with E-state index in [-0.39, 0.29) is 12.3 Å². The number of aromatic nitrogens is 3. The highest BCUT2D eigenvalue weighted by Crippen LogP contribution is 2.31. The van der Waals surface area contributed by atoms with Gasteiger partial charge in [0.05, 0.1) is 28.7 Å². The number of carbonyl (C=O) groups excluding carboxylic acids is 1. The number of aliphatic hydroxyl groups is 1. The fourth-order valence-corrected chi connectivity index (χ4v) is 3.39. The van der Waals surface area contributed by atoms with E-state index in [1.807, 2.05) is 54.6 Å². The lowest BCUT2D eigenvalue weighted by Crippen LogP contribution is -2.35. The first-order valence-electron chi connectivity index (χ1n) is 10.3. The van der Waals surface area contributed by atoms with Gasteiger partial charge in [-0.2, -0.15) is 5.10 Å². The molecule has 0 aliphatic carbocycles. The van der Waals surface area contributed by atoms with Gasteiger partial charge in [-0.3, -0.25) is 4.79 Å². The lowest BCUT2D eigenvalue weighted by Gasteiger charge is -2.12. The van der Waals surface area contributed by atoms with Crippen molar-refractivity contribution in [2.75, 3.05) is 17.7 Å². The fourth-order valence-electron chi connectivity index (χ4n) is 3.22. The van der Waals surface area contributed by atoms with Crippen LogP contribution in [0.3, 0.4) is 0 Å². The van der Waals surface area contributed by atoms with Gasteiger partial charge in [0.1, 0.15) is 11.6 Å². The van der Waals surface area contributed by atoms with Crippen molar-refractivity contribution >= 4 is 34.8 Å². The van der Waals surface area contributed by atoms with Crippen LogP contribution in [0.15, 0.2) is 72.8 Å². The van der Waals surface area contributed by atoms with Crippen molar-refractivity contribution in [3.8, 4) is 16.9 Å². The van der Waals surface area contributed by atoms with Crippen LogP contribution in [0.4, 0.5) is 17.3 Å². The first-order chi connectivity index (χ1) is 15.9. The number of hydrogen-bond acceptors (Lipinski definition) is 6. The summed E-state index contributed by atoms with van der Waals surface area (Å²) in [4.78, 5) is 17.0. The molecule has 1 atom stereocenters. The van der Waals surface area contributed by atoms with Gasteiger partial charge in [0.25, 0.3) is 5.91 Å². The maximum Gasteiger partial charge on any atom is 0.272 e. The molecule has 33 heavy (non-hydrogen) atoms. The maximum absolute atomic E-state index is 12.6. The molecule has 0 aliphatic heterocycles. The van der Waals surface area contributed by atoms with Gasteiger partial charge in [0.2, 0.25) is 0 Å². The quantitative estimate of drug-likeness (QED) is 0.329. The van der Waals surface area contributed by atoms with Crippen molar-refractivity contribution in [3.05, 3.63) is 83.5 Å². The molecule has 0 radical (unpaired) electrons. The molecule has 2 aromatic heterocycles. The van der Waals surface area contributed by atoms with Crippen LogP contribution in [0.2, 0.25) is 5.02 Å². The lowest BCUT2D eigenvalue weighted by atomic mass is 10.1. The van der Waals surface area contributed by atoms with Crippen molar-refractivity contribution < 1.29 is 9.90 Å². The number of anilines is 3. The highest BCUT2D eigenvalue weighted by molar-refractivity contribution is 6.33. The third-order valence-electron chi connectivity index (χ3n) is 4.89. The Morgan fingerprint density at radius 2 is 1.91 bits per heavy atom. The maximum atomic E-state index is 12.6. The molecule has 2 heterocycles. The number of amides is 1. The number of nitrogens with zero attached hydrogens (tertiary/aromatic N) is 3. The molecule has 4 aromatic rings. The Morgan fingerprint density at radius 3 is 2.64 bits per heavy atom. The van der Waals surface area contributed by atoms with Gasteiger partial charge in [-0.05, 0) is 43.3 Å². The van der Waals surface area contributed by atoms with Crippen LogP contribution < -0.4 is 16.4 Å². The number of benzene rings is 2. The number of halogens is 1. The Bertz CT molecular complexity index is 1280. The van der Waals surface area contributed by atoms with E-state index < -0.39 is 11.9 Å². The smallest absolute Gasteiger partial charge is 0.272 e. The zero-order valence-electron chi connectivity index (χ0n) is 17.9. The highest BCUT2D eigenvalue weighted by atomic mass is 35.5. The molecule has 0 fully saturated rings. The number of nitrogen functional groups attached to an aromatic ring is 1. The van der Waals surface area contributed by atoms with Crippen molar-refractivity contribution in [1.29, 1.82) is 0 Å². The Labute approximate surface area is 196 Å². The first kappa shape index (κ1) is 22.3. The topological polar surface area (TPSA) is 118 Å². The van der Waals surface area contributed by atoms with Crippen molar-refractivity contribution in [3.63, 3.8) is 0 Å². The highest BCUT2D eigenvalue weighted by Gasteiger charge is 2.18. The predicted molar refractivity (Wildman–Crippen MR) is 130 cm³/mol. The van der Waals surface area contributed by atoms with Gasteiger partial charge in [0, 0.05) is 17.7 Å². The summed E-state index contributed by atoms with van der Waals surface area (Å²) in [6.07, 6.45) is 0. The van der Waals surface area contributed by atoms with E-state index in [4.69, 9.17) is 17.3 Å². The summed E-state index contributed by atoms with van der Waals surface area (Å²) >= 11 is 6.48. The standard InChI is InChI=1S/C24H23ClN6O2/c1-15(14-32)27-24(33)21-13-23(31(30-21)17-6-3-2-4-7-17)29-20-12-16(10-11-18(20)25)19-8-5-9-22(26)28-19/h2-13,15,29,32H,14H2,1H3,(H2,26,28)(H,27,33). The van der Waals surface area contributed by atoms with Gasteiger partial charge < -0.3 is 21.5 Å². The lowest BCUT2D eigenvalue weighted by molar-refractivity contribution is 0.0917. The molecule has 0 saturated heterocycles. The van der Waals surface area contributed by atoms with Crippen molar-refractivity contribution in [1.82, 2.24) is 20.1 Å². The predicted octanol–water partition coefficient (Wildman–Crippen LogP) is 4.02. The number of pyridine rings is 1. The van der Waals surface area contributed by atoms with E-state index in [1.165, 1.54) is 0 Å². The SMILES string of the molecule is CC(CO)NC(=O)c1cc(Nc2cc(-c3cccc(N)n3)ccc2Cl)n(-c2ccccc2)n1. The first-order valence-corrected chi connectivity index (χ1v) is 10.7. The van der Waals surface area contributed by atoms with Crippen LogP contribution >= 0.6 is 11.6 Å². The van der Waals surface area contributed by atoms with E-state index >= 15 is 0 Å². The molecular formula is C24H23ClN6O2. The summed E-state index contributed by atoms with van der Waals surface area (Å²) in [6.45, 7) is 1.54. The van der Waals surface area contributed by atoms with Gasteiger partial charge in [-0.15, -0.1) is 0 Å². The van der Waals surface area contributed by atoms with E-state index in [0.717, 1.165) is 11.3 Å². The molecule has 0 spiro atoms. The number of nitrogens with two attached hydrogens (primary N) is 1. The third kappa shape index (κ3) is 5.14. The average Bonchev–Trinajstić information content (AvgIpc) is 3.25. The van der Waals surface area contributed by atoms with Crippen LogP contribution in [-0.2, 0) is 0 Å². The molecule has 2 aromatic carbocycles. The van der Waals surface area contributed by atoms with Gasteiger partial charge >= 0.3 is 0 Å². The summed E-state index contributed by atoms with van der Waals surface area (Å²) in [7, 11) is 0. The summed E-state index contributed by atoms with van der Waals surface area (Å²) in [5, 5.41) is 20.2. The second-order valence-corrected chi connectivity index (χ2v) is 7.89. The number of hydrogen-bond donors (Lipinski definition) is 4. The van der Waals surface area contributed by atoms with Crippen LogP contribution in [0.25, 0.3) is 16.9 Å². The van der Waals surface area contributed by atoms with Crippen LogP contribution in [0, 0.1) is 0 Å². The molecule has 1 amide bonds. The van der Waals surface area contributed by atoms with Crippen molar-refractivity contribution in [2.45, 2.75) is 13.0 Å². The normalized spacial score (nSPS) is 11.7. The monoisotopic (exact) mass is 462 g/mol. The molecule has 9 heteroatoms. The molecule has 5 N–H and O–H groups in total. The second-order valence-electron chi connectivity index (χ2n) is 7.49. The van der Waals surface area contributed by atoms with Gasteiger partial charge in [0.15, 0.2) is 5.69 Å². The molecule has 8 nitrogen and oxygen atoms in total. The molecule has 4 rings (SSSR count). The summed E-state index contributed by atoms with van der Waals surface area (Å²) < 4.78 is 1.63. The summed E-state index contributed by atoms with van der Waals surface area (Å²) in [6, 6.07) is 21.6. The largest absolute Gasteiger partial charge is 0.394 e. The van der Waals surface area contributed by atoms with Crippen LogP contribution in [0.5, 0.6) is 0 Å². The van der Waals surface area contributed by atoms with Gasteiger partial charge in [-0.25, -0.2) is 9.67 Å². The number of para-hydroxylation sites is 1. The molecule has 0 bridgehead atoms. The van der Waals surface area contributed by atoms with E-state index in [9.17, 15) is 9.90 Å². The molecule has 1 unspecified atom stereocenters. The molecule has 168 valence electrons. The number of nitrogens with one attached hydrogen (secondary N) is 2. The average molecular weight is 463 g/mol. The van der Waals surface area contributed by atoms with E-state index in [2.05, 4.69) is 20.7 Å². The second kappa shape index (κ2) is 9.72. The Morgan fingerprint density at radius 1 is 1.12 bits per heavy atom. The summed E-state index contributed by atoms with van der Waals surface area (Å²) in [5.41, 5.74) is 8.95. The van der Waals surface area contributed by atoms with Crippen LogP contribution in [-0.4, -0.2) is 38.4 Å². The molecule has 0 saturated carbocycles. The molecular weight excluding hydrogens is 440 g/mol. The molecule has 0 aliphatic rings. The van der Waals surface area contributed by atoms with E-state index in [1.54, 1.807) is 29.8 Å². The van der Waals surface area contributed by atoms with Crippen LogP contribution in [0.1, 0.15) is 17.4 Å². The minimum absolute atomic E-state index is 0.170. The Hall–Kier alpha value is -3.88. The minimum Gasteiger partial charge on any atom is -0.394 e. The fraction of sp³-hybridized carbons (Fsp3) is 0.125.